The third-order valence-corrected chi connectivity index (χ3v) is 15.3. The molecule has 5 N–H and O–H groups in total. The molecule has 2 aromatic carbocycles. The number of hydrogen-bond acceptors (Lipinski definition) is 15. The van der Waals surface area contributed by atoms with Gasteiger partial charge in [-0.15, -0.1) is 0 Å². The van der Waals surface area contributed by atoms with Gasteiger partial charge in [0.1, 0.15) is 36.2 Å². The first-order valence-electron chi connectivity index (χ1n) is 28.4. The molecular weight excluding hydrogens is 979 g/mol. The number of rotatable bonds is 31. The number of unbranched alkanes of at least 4 members (excludes halogenated alkanes) is 11. The van der Waals surface area contributed by atoms with Crippen LogP contribution in [0.3, 0.4) is 0 Å². The van der Waals surface area contributed by atoms with E-state index in [0.29, 0.717) is 91.4 Å². The Hall–Kier alpha value is -5.95. The Kier molecular flexibility index (Phi) is 21.4. The number of ketones is 3. The zero-order valence-electron chi connectivity index (χ0n) is 46.1. The van der Waals surface area contributed by atoms with Crippen molar-refractivity contribution in [2.45, 2.75) is 205 Å². The van der Waals surface area contributed by atoms with Crippen LogP contribution in [0.15, 0.2) is 55.1 Å². The van der Waals surface area contributed by atoms with Crippen molar-refractivity contribution in [3.8, 4) is 0 Å². The van der Waals surface area contributed by atoms with E-state index < -0.39 is 42.4 Å². The SMILES string of the molecule is CC(C)N(CCCCC(=O)Nc1ccc(C(C)(C)C)cc1)C[C@H]1O[C@@H](n2cnc3c(NCCCCCC(=O)CCCCCCCCCCCNc4cccc5c4C(=O)N(C4CCC(=O)CC4=O)C5=O)ncnc32)[C@@H](O)C1O. The van der Waals surface area contributed by atoms with E-state index in [-0.39, 0.29) is 48.2 Å². The van der Waals surface area contributed by atoms with Gasteiger partial charge in [-0.05, 0) is 101 Å². The largest absolute Gasteiger partial charge is 0.387 e. The number of aromatic nitrogens is 4. The molecule has 418 valence electrons. The van der Waals surface area contributed by atoms with Gasteiger partial charge in [-0.1, -0.05) is 90.3 Å². The van der Waals surface area contributed by atoms with E-state index in [4.69, 9.17) is 4.74 Å². The molecule has 2 aliphatic heterocycles. The molecule has 18 nitrogen and oxygen atoms in total. The summed E-state index contributed by atoms with van der Waals surface area (Å²) in [5.41, 5.74) is 4.28. The lowest BCUT2D eigenvalue weighted by atomic mass is 9.87. The molecule has 2 aromatic heterocycles. The number of ether oxygens (including phenoxy) is 1. The first-order chi connectivity index (χ1) is 37.0. The number of imide groups is 1. The second-order valence-electron chi connectivity index (χ2n) is 22.6. The Bertz CT molecular complexity index is 2650. The highest BCUT2D eigenvalue weighted by Crippen LogP contribution is 2.35. The Balaban J connectivity index is 0.709. The minimum absolute atomic E-state index is 0.0216. The average Bonchev–Trinajstić information content (AvgIpc) is 4.08. The van der Waals surface area contributed by atoms with E-state index in [9.17, 15) is 39.0 Å². The van der Waals surface area contributed by atoms with Crippen LogP contribution in [0.1, 0.15) is 196 Å². The maximum absolute atomic E-state index is 13.3. The second kappa shape index (κ2) is 28.1. The summed E-state index contributed by atoms with van der Waals surface area (Å²) in [7, 11) is 0. The van der Waals surface area contributed by atoms with Crippen molar-refractivity contribution in [3.05, 3.63) is 71.8 Å². The van der Waals surface area contributed by atoms with E-state index in [1.54, 1.807) is 29.1 Å². The van der Waals surface area contributed by atoms with Gasteiger partial charge < -0.3 is 30.9 Å². The van der Waals surface area contributed by atoms with Crippen LogP contribution >= 0.6 is 0 Å². The van der Waals surface area contributed by atoms with Crippen LogP contribution in [0.4, 0.5) is 17.2 Å². The molecule has 77 heavy (non-hydrogen) atoms. The molecule has 0 spiro atoms. The summed E-state index contributed by atoms with van der Waals surface area (Å²) in [4.78, 5) is 92.7. The zero-order valence-corrected chi connectivity index (χ0v) is 46.1. The molecule has 0 bridgehead atoms. The Morgan fingerprint density at radius 1 is 0.766 bits per heavy atom. The lowest BCUT2D eigenvalue weighted by molar-refractivity contribution is -0.132. The zero-order chi connectivity index (χ0) is 55.1. The molecule has 4 aromatic rings. The minimum Gasteiger partial charge on any atom is -0.387 e. The van der Waals surface area contributed by atoms with E-state index in [1.807, 2.05) is 12.1 Å². The van der Waals surface area contributed by atoms with Crippen molar-refractivity contribution in [1.82, 2.24) is 29.3 Å². The monoisotopic (exact) mass is 1060 g/mol. The van der Waals surface area contributed by atoms with E-state index >= 15 is 0 Å². The summed E-state index contributed by atoms with van der Waals surface area (Å²) in [6.45, 7) is 13.1. The van der Waals surface area contributed by atoms with Crippen LogP contribution in [0.2, 0.25) is 0 Å². The van der Waals surface area contributed by atoms with Gasteiger partial charge in [0.05, 0.1) is 29.9 Å². The predicted molar refractivity (Wildman–Crippen MR) is 297 cm³/mol. The van der Waals surface area contributed by atoms with E-state index in [2.05, 4.69) is 82.6 Å². The molecule has 2 unspecified atom stereocenters. The molecule has 5 atom stereocenters. The summed E-state index contributed by atoms with van der Waals surface area (Å²) < 4.78 is 7.98. The Labute approximate surface area is 453 Å². The number of aliphatic hydroxyl groups excluding tert-OH is 2. The molecule has 18 heteroatoms. The number of amides is 3. The molecule has 1 aliphatic carbocycles. The fourth-order valence-corrected chi connectivity index (χ4v) is 10.7. The first kappa shape index (κ1) is 58.7. The lowest BCUT2D eigenvalue weighted by Crippen LogP contribution is -2.47. The minimum atomic E-state index is -1.20. The maximum Gasteiger partial charge on any atom is 0.264 e. The van der Waals surface area contributed by atoms with Crippen LogP contribution in [-0.4, -0.2) is 131 Å². The van der Waals surface area contributed by atoms with Gasteiger partial charge in [-0.2, -0.15) is 0 Å². The average molecular weight is 1060 g/mol. The molecule has 3 aliphatic rings. The molecular formula is C59H83N9O9. The van der Waals surface area contributed by atoms with Crippen molar-refractivity contribution < 1.29 is 43.7 Å². The van der Waals surface area contributed by atoms with Gasteiger partial charge in [0, 0.05) is 62.7 Å². The molecule has 7 rings (SSSR count). The highest BCUT2D eigenvalue weighted by Gasteiger charge is 2.46. The summed E-state index contributed by atoms with van der Waals surface area (Å²) in [5.74, 6) is -0.594. The molecule has 3 amide bonds. The molecule has 1 saturated heterocycles. The maximum atomic E-state index is 13.3. The normalized spacial score (nSPS) is 19.8. The summed E-state index contributed by atoms with van der Waals surface area (Å²) >= 11 is 0. The van der Waals surface area contributed by atoms with Crippen molar-refractivity contribution in [3.63, 3.8) is 0 Å². The third-order valence-electron chi connectivity index (χ3n) is 15.3. The van der Waals surface area contributed by atoms with Crippen LogP contribution < -0.4 is 16.0 Å². The number of imidazole rings is 1. The number of fused-ring (bicyclic) bond motifs is 2. The highest BCUT2D eigenvalue weighted by atomic mass is 16.6. The van der Waals surface area contributed by atoms with Gasteiger partial charge in [0.25, 0.3) is 11.8 Å². The topological polar surface area (TPSA) is 238 Å². The van der Waals surface area contributed by atoms with Gasteiger partial charge in [-0.3, -0.25) is 43.1 Å². The number of Topliss-reactive ketones (excluding diaryl/α,β-unsaturated/α-hetero) is 3. The highest BCUT2D eigenvalue weighted by molar-refractivity contribution is 6.25. The van der Waals surface area contributed by atoms with Crippen LogP contribution in [0, 0.1) is 0 Å². The number of carbonyl (C=O) groups is 6. The number of benzene rings is 2. The predicted octanol–water partition coefficient (Wildman–Crippen LogP) is 9.10. The summed E-state index contributed by atoms with van der Waals surface area (Å²) in [6, 6.07) is 12.4. The van der Waals surface area contributed by atoms with Crippen LogP contribution in [0.5, 0.6) is 0 Å². The second-order valence-corrected chi connectivity index (χ2v) is 22.6. The van der Waals surface area contributed by atoms with Crippen molar-refractivity contribution in [2.24, 2.45) is 0 Å². The Morgan fingerprint density at radius 3 is 2.09 bits per heavy atom. The number of carbonyl (C=O) groups excluding carboxylic acids is 6. The number of anilines is 3. The number of nitrogens with one attached hydrogen (secondary N) is 3. The third kappa shape index (κ3) is 15.9. The number of hydrogen-bond donors (Lipinski definition) is 5. The van der Waals surface area contributed by atoms with Gasteiger partial charge in [0.15, 0.2) is 29.0 Å². The van der Waals surface area contributed by atoms with Crippen molar-refractivity contribution >= 4 is 63.4 Å². The van der Waals surface area contributed by atoms with Crippen LogP contribution in [-0.2, 0) is 29.3 Å². The Morgan fingerprint density at radius 2 is 1.42 bits per heavy atom. The van der Waals surface area contributed by atoms with Gasteiger partial charge >= 0.3 is 0 Å². The summed E-state index contributed by atoms with van der Waals surface area (Å²) in [6.07, 6.45) is 14.6. The summed E-state index contributed by atoms with van der Waals surface area (Å²) in [5, 5.41) is 32.1. The first-order valence-corrected chi connectivity index (χ1v) is 28.4. The van der Waals surface area contributed by atoms with E-state index in [1.165, 1.54) is 11.9 Å². The van der Waals surface area contributed by atoms with E-state index in [0.717, 1.165) is 94.1 Å². The number of aliphatic hydroxyl groups is 2. The number of nitrogens with zero attached hydrogens (tertiary/aromatic N) is 6. The molecule has 2 fully saturated rings. The van der Waals surface area contributed by atoms with Gasteiger partial charge in [0.2, 0.25) is 5.91 Å². The smallest absolute Gasteiger partial charge is 0.264 e. The molecule has 0 radical (unpaired) electrons. The lowest BCUT2D eigenvalue weighted by Gasteiger charge is -2.30. The van der Waals surface area contributed by atoms with Crippen LogP contribution in [0.25, 0.3) is 11.2 Å². The molecule has 4 heterocycles. The quantitative estimate of drug-likeness (QED) is 0.0179. The van der Waals surface area contributed by atoms with Crippen molar-refractivity contribution in [2.75, 3.05) is 42.1 Å². The standard InChI is InChI=1S/C59H83N9O9/c1-39(2)66(34-19-16-25-49(72)65-41-28-26-40(27-29-41)59(3,4)5)36-48-52(73)53(74)58(77-48)67-38-64-51-54(62-37-63-55(51)67)61-33-18-13-15-22-42(69)21-14-11-9-7-6-8-10-12-17-32-60-45-24-20-23-44-50(45)57(76)68(56(44)75)46-31-30-43(70)35-47(46)71/h20,23-24,26-29,37-39,46,48,52-53,58,60,73-74H,6-19,21-22,25,30-36H2,1-5H3,(H,65,72)(H,61,62,63)/t46?,48-,52?,53+,58-/m1/s1. The molecule has 1 saturated carbocycles. The van der Waals surface area contributed by atoms with Crippen molar-refractivity contribution in [1.29, 1.82) is 0 Å². The fraction of sp³-hybridized carbons (Fsp3) is 0.610. The fourth-order valence-electron chi connectivity index (χ4n) is 10.7. The van der Waals surface area contributed by atoms with Gasteiger partial charge in [-0.25, -0.2) is 15.0 Å².